The van der Waals surface area contributed by atoms with Crippen LogP contribution in [-0.4, -0.2) is 26.0 Å². The van der Waals surface area contributed by atoms with Crippen LogP contribution in [0.3, 0.4) is 0 Å². The molecule has 1 aliphatic carbocycles. The lowest BCUT2D eigenvalue weighted by atomic mass is 10.1. The Hall–Kier alpha value is -1.94. The van der Waals surface area contributed by atoms with Gasteiger partial charge in [0.25, 0.3) is 0 Å². The lowest BCUT2D eigenvalue weighted by molar-refractivity contribution is 0.675. The maximum Gasteiger partial charge on any atom is 0.118 e. The summed E-state index contributed by atoms with van der Waals surface area (Å²) in [5.74, 6) is 0. The number of rotatable bonds is 5. The highest BCUT2D eigenvalue weighted by atomic mass is 28.3. The van der Waals surface area contributed by atoms with Gasteiger partial charge in [-0.25, -0.2) is 4.99 Å². The Morgan fingerprint density at radius 3 is 2.75 bits per heavy atom. The highest BCUT2D eigenvalue weighted by molar-refractivity contribution is 7.01. The molecule has 0 aromatic heterocycles. The Morgan fingerprint density at radius 2 is 1.96 bits per heavy atom. The number of nitrogen functional groups attached to an aromatic ring is 1. The normalized spacial score (nSPS) is 19.5. The van der Waals surface area contributed by atoms with E-state index < -0.39 is 8.07 Å². The van der Waals surface area contributed by atoms with Crippen LogP contribution in [0.5, 0.6) is 0 Å². The van der Waals surface area contributed by atoms with Crippen molar-refractivity contribution in [3.8, 4) is 0 Å². The lowest BCUT2D eigenvalue weighted by Gasteiger charge is -2.33. The predicted molar refractivity (Wildman–Crippen MR) is 109 cm³/mol. The quantitative estimate of drug-likeness (QED) is 0.370. The summed E-state index contributed by atoms with van der Waals surface area (Å²) in [6.45, 7) is 7.91. The maximum atomic E-state index is 6.02. The third kappa shape index (κ3) is 3.29. The summed E-state index contributed by atoms with van der Waals surface area (Å²) in [6, 6.07) is 6.11. The van der Waals surface area contributed by atoms with Gasteiger partial charge in [0.05, 0.1) is 17.1 Å². The first-order valence-electron chi connectivity index (χ1n) is 8.96. The number of allylic oxidation sites excluding steroid dienone is 4. The SMILES string of the molecule is CCCCCCN=C1C=CC2=Nc3ccc(N)cc3[Si](C)(C)C2=C1. The molecule has 0 bridgehead atoms. The summed E-state index contributed by atoms with van der Waals surface area (Å²) in [5.41, 5.74) is 10.1. The molecule has 0 amide bonds. The molecule has 2 N–H and O–H groups in total. The van der Waals surface area contributed by atoms with Crippen LogP contribution in [-0.2, 0) is 0 Å². The average Bonchev–Trinajstić information content (AvgIpc) is 2.56. The van der Waals surface area contributed by atoms with Gasteiger partial charge in [-0.2, -0.15) is 0 Å². The van der Waals surface area contributed by atoms with E-state index in [4.69, 9.17) is 15.7 Å². The zero-order chi connectivity index (χ0) is 17.2. The molecule has 1 heterocycles. The van der Waals surface area contributed by atoms with E-state index in [2.05, 4.69) is 44.3 Å². The van der Waals surface area contributed by atoms with E-state index >= 15 is 0 Å². The second-order valence-electron chi connectivity index (χ2n) is 7.16. The highest BCUT2D eigenvalue weighted by Gasteiger charge is 2.37. The van der Waals surface area contributed by atoms with Crippen molar-refractivity contribution in [2.45, 2.75) is 45.7 Å². The van der Waals surface area contributed by atoms with Gasteiger partial charge in [0, 0.05) is 12.2 Å². The molecule has 0 fully saturated rings. The molecular formula is C20H27N3Si. The molecule has 0 unspecified atom stereocenters. The molecule has 3 nitrogen and oxygen atoms in total. The smallest absolute Gasteiger partial charge is 0.118 e. The van der Waals surface area contributed by atoms with Crippen LogP contribution >= 0.6 is 0 Å². The van der Waals surface area contributed by atoms with Crippen molar-refractivity contribution in [3.05, 3.63) is 41.6 Å². The lowest BCUT2D eigenvalue weighted by Crippen LogP contribution is -2.49. The van der Waals surface area contributed by atoms with Gasteiger partial charge < -0.3 is 5.73 Å². The Balaban J connectivity index is 1.87. The summed E-state index contributed by atoms with van der Waals surface area (Å²) in [6.07, 6.45) is 11.5. The topological polar surface area (TPSA) is 50.7 Å². The van der Waals surface area contributed by atoms with Gasteiger partial charge in [0.1, 0.15) is 8.07 Å². The van der Waals surface area contributed by atoms with Crippen molar-refractivity contribution in [2.24, 2.45) is 9.98 Å². The summed E-state index contributed by atoms with van der Waals surface area (Å²) < 4.78 is 0. The van der Waals surface area contributed by atoms with E-state index in [0.29, 0.717) is 0 Å². The first-order chi connectivity index (χ1) is 11.5. The Labute approximate surface area is 146 Å². The predicted octanol–water partition coefficient (Wildman–Crippen LogP) is 4.33. The Bertz CT molecular complexity index is 754. The van der Waals surface area contributed by atoms with E-state index in [1.807, 2.05) is 12.1 Å². The van der Waals surface area contributed by atoms with E-state index in [-0.39, 0.29) is 0 Å². The third-order valence-corrected chi connectivity index (χ3v) is 8.39. The van der Waals surface area contributed by atoms with Gasteiger partial charge >= 0.3 is 0 Å². The third-order valence-electron chi connectivity index (χ3n) is 4.89. The van der Waals surface area contributed by atoms with Crippen molar-refractivity contribution in [1.29, 1.82) is 0 Å². The van der Waals surface area contributed by atoms with Crippen molar-refractivity contribution in [2.75, 3.05) is 12.3 Å². The molecule has 3 rings (SSSR count). The molecular weight excluding hydrogens is 310 g/mol. The average molecular weight is 338 g/mol. The molecule has 126 valence electrons. The number of anilines is 1. The second-order valence-corrected chi connectivity index (χ2v) is 11.5. The standard InChI is InChI=1S/C20H27N3Si/c1-4-5-6-7-12-22-16-9-11-18-20(14-16)24(2,3)19-13-15(21)8-10-17(19)23-18/h8-11,13-14H,4-7,12,21H2,1-3H3. The zero-order valence-electron chi connectivity index (χ0n) is 15.0. The van der Waals surface area contributed by atoms with Crippen molar-refractivity contribution >= 4 is 36.1 Å². The van der Waals surface area contributed by atoms with Crippen LogP contribution in [0, 0.1) is 0 Å². The van der Waals surface area contributed by atoms with Gasteiger partial charge in [-0.3, -0.25) is 4.99 Å². The number of hydrogen-bond acceptors (Lipinski definition) is 3. The fourth-order valence-electron chi connectivity index (χ4n) is 3.39. The number of nitrogens with two attached hydrogens (primary N) is 1. The molecule has 0 saturated carbocycles. The van der Waals surface area contributed by atoms with Gasteiger partial charge in [-0.1, -0.05) is 39.3 Å². The Kier molecular flexibility index (Phi) is 4.85. The summed E-state index contributed by atoms with van der Waals surface area (Å²) in [4.78, 5) is 9.63. The second kappa shape index (κ2) is 6.89. The van der Waals surface area contributed by atoms with Crippen LogP contribution in [0.15, 0.2) is 51.6 Å². The van der Waals surface area contributed by atoms with Crippen molar-refractivity contribution < 1.29 is 0 Å². The maximum absolute atomic E-state index is 6.02. The van der Waals surface area contributed by atoms with E-state index in [1.54, 1.807) is 0 Å². The number of aliphatic imine (C=N–C) groups is 2. The number of benzene rings is 1. The number of fused-ring (bicyclic) bond motifs is 2. The van der Waals surface area contributed by atoms with Crippen molar-refractivity contribution in [3.63, 3.8) is 0 Å². The molecule has 1 aromatic carbocycles. The van der Waals surface area contributed by atoms with Crippen LogP contribution in [0.1, 0.15) is 32.6 Å². The van der Waals surface area contributed by atoms with Gasteiger partial charge in [0.2, 0.25) is 0 Å². The molecule has 1 aromatic rings. The summed E-state index contributed by atoms with van der Waals surface area (Å²) in [5, 5.41) is 2.70. The minimum absolute atomic E-state index is 0.824. The number of unbranched alkanes of at least 4 members (excludes halogenated alkanes) is 3. The van der Waals surface area contributed by atoms with E-state index in [0.717, 1.165) is 29.3 Å². The molecule has 0 radical (unpaired) electrons. The highest BCUT2D eigenvalue weighted by Crippen LogP contribution is 2.31. The molecule has 4 heteroatoms. The Morgan fingerprint density at radius 1 is 1.12 bits per heavy atom. The first kappa shape index (κ1) is 16.9. The molecule has 0 saturated heterocycles. The van der Waals surface area contributed by atoms with Crippen LogP contribution in [0.4, 0.5) is 11.4 Å². The monoisotopic (exact) mass is 337 g/mol. The van der Waals surface area contributed by atoms with E-state index in [9.17, 15) is 0 Å². The minimum Gasteiger partial charge on any atom is -0.399 e. The largest absolute Gasteiger partial charge is 0.399 e. The molecule has 2 aliphatic rings. The number of hydrogen-bond donors (Lipinski definition) is 1. The summed E-state index contributed by atoms with van der Waals surface area (Å²) in [7, 11) is -1.79. The summed E-state index contributed by atoms with van der Waals surface area (Å²) >= 11 is 0. The molecule has 0 atom stereocenters. The molecule has 24 heavy (non-hydrogen) atoms. The van der Waals surface area contributed by atoms with Gasteiger partial charge in [-0.05, 0) is 53.2 Å². The fourth-order valence-corrected chi connectivity index (χ4v) is 6.28. The molecule has 1 aliphatic heterocycles. The zero-order valence-corrected chi connectivity index (χ0v) is 16.0. The van der Waals surface area contributed by atoms with Crippen LogP contribution in [0.2, 0.25) is 13.1 Å². The number of nitrogens with zero attached hydrogens (tertiary/aromatic N) is 2. The van der Waals surface area contributed by atoms with Gasteiger partial charge in [0.15, 0.2) is 0 Å². The van der Waals surface area contributed by atoms with E-state index in [1.165, 1.54) is 36.1 Å². The molecule has 0 spiro atoms. The van der Waals surface area contributed by atoms with Crippen LogP contribution in [0.25, 0.3) is 0 Å². The van der Waals surface area contributed by atoms with Gasteiger partial charge in [-0.15, -0.1) is 0 Å². The van der Waals surface area contributed by atoms with Crippen molar-refractivity contribution in [1.82, 2.24) is 0 Å². The van der Waals surface area contributed by atoms with Crippen LogP contribution < -0.4 is 10.9 Å². The minimum atomic E-state index is -1.79. The fraction of sp³-hybridized carbons (Fsp3) is 0.400. The first-order valence-corrected chi connectivity index (χ1v) is 12.0.